The molecular formula is C15H19N3O3. The van der Waals surface area contributed by atoms with Gasteiger partial charge in [-0.15, -0.1) is 0 Å². The Labute approximate surface area is 123 Å². The van der Waals surface area contributed by atoms with Crippen LogP contribution in [0.3, 0.4) is 0 Å². The number of hydrogen-bond acceptors (Lipinski definition) is 4. The zero-order valence-electron chi connectivity index (χ0n) is 12.1. The van der Waals surface area contributed by atoms with Crippen molar-refractivity contribution in [1.82, 2.24) is 0 Å². The van der Waals surface area contributed by atoms with Gasteiger partial charge in [-0.2, -0.15) is 0 Å². The van der Waals surface area contributed by atoms with Gasteiger partial charge in [0.1, 0.15) is 5.69 Å². The SMILES string of the molecule is CCC1(Nc2cc3c(cc2[N+](=O)[O-])CCC(=O)N3)CCC1. The Bertz CT molecular complexity index is 603. The summed E-state index contributed by atoms with van der Waals surface area (Å²) in [5.74, 6) is -0.0313. The minimum atomic E-state index is -0.346. The van der Waals surface area contributed by atoms with Crippen LogP contribution in [0, 0.1) is 10.1 Å². The van der Waals surface area contributed by atoms with E-state index in [1.807, 2.05) is 0 Å². The van der Waals surface area contributed by atoms with E-state index in [4.69, 9.17) is 0 Å². The molecule has 1 aliphatic carbocycles. The van der Waals surface area contributed by atoms with Crippen LogP contribution in [0.15, 0.2) is 12.1 Å². The number of carbonyl (C=O) groups excluding carboxylic acids is 1. The average Bonchev–Trinajstić information content (AvgIpc) is 2.41. The number of amides is 1. The van der Waals surface area contributed by atoms with Crippen LogP contribution in [-0.4, -0.2) is 16.4 Å². The molecule has 0 spiro atoms. The average molecular weight is 289 g/mol. The molecule has 1 aromatic carbocycles. The zero-order chi connectivity index (χ0) is 15.0. The number of nitrogens with one attached hydrogen (secondary N) is 2. The fourth-order valence-corrected chi connectivity index (χ4v) is 3.12. The zero-order valence-corrected chi connectivity index (χ0v) is 12.1. The maximum atomic E-state index is 11.5. The molecule has 0 unspecified atom stereocenters. The molecule has 1 aliphatic heterocycles. The highest BCUT2D eigenvalue weighted by molar-refractivity contribution is 5.95. The number of fused-ring (bicyclic) bond motifs is 1. The van der Waals surface area contributed by atoms with Crippen LogP contribution in [0.1, 0.15) is 44.6 Å². The Morgan fingerprint density at radius 2 is 2.14 bits per heavy atom. The lowest BCUT2D eigenvalue weighted by Gasteiger charge is -2.42. The summed E-state index contributed by atoms with van der Waals surface area (Å²) in [4.78, 5) is 22.5. The highest BCUT2D eigenvalue weighted by Gasteiger charge is 2.37. The summed E-state index contributed by atoms with van der Waals surface area (Å²) >= 11 is 0. The quantitative estimate of drug-likeness (QED) is 0.658. The molecule has 1 heterocycles. The first-order valence-electron chi connectivity index (χ1n) is 7.42. The first-order chi connectivity index (χ1) is 10.0. The molecule has 21 heavy (non-hydrogen) atoms. The summed E-state index contributed by atoms with van der Waals surface area (Å²) in [6.45, 7) is 2.10. The summed E-state index contributed by atoms with van der Waals surface area (Å²) in [6, 6.07) is 3.32. The Morgan fingerprint density at radius 1 is 1.38 bits per heavy atom. The van der Waals surface area contributed by atoms with Crippen molar-refractivity contribution in [3.05, 3.63) is 27.8 Å². The van der Waals surface area contributed by atoms with Crippen molar-refractivity contribution < 1.29 is 9.72 Å². The predicted molar refractivity (Wildman–Crippen MR) is 80.5 cm³/mol. The Hall–Kier alpha value is -2.11. The summed E-state index contributed by atoms with van der Waals surface area (Å²) < 4.78 is 0. The van der Waals surface area contributed by atoms with Gasteiger partial charge in [-0.3, -0.25) is 14.9 Å². The van der Waals surface area contributed by atoms with Crippen molar-refractivity contribution >= 4 is 23.0 Å². The van der Waals surface area contributed by atoms with Gasteiger partial charge in [0.05, 0.1) is 4.92 Å². The molecule has 1 fully saturated rings. The summed E-state index contributed by atoms with van der Waals surface area (Å²) in [5.41, 5.74) is 2.13. The second kappa shape index (κ2) is 5.02. The number of benzene rings is 1. The molecule has 0 bridgehead atoms. The van der Waals surface area contributed by atoms with E-state index in [-0.39, 0.29) is 22.1 Å². The highest BCUT2D eigenvalue weighted by atomic mass is 16.6. The van der Waals surface area contributed by atoms with Gasteiger partial charge in [0.25, 0.3) is 5.69 Å². The van der Waals surface area contributed by atoms with E-state index >= 15 is 0 Å². The number of carbonyl (C=O) groups is 1. The lowest BCUT2D eigenvalue weighted by Crippen LogP contribution is -2.44. The molecule has 1 amide bonds. The van der Waals surface area contributed by atoms with Gasteiger partial charge in [0.15, 0.2) is 0 Å². The van der Waals surface area contributed by atoms with Crippen LogP contribution in [0.5, 0.6) is 0 Å². The highest BCUT2D eigenvalue weighted by Crippen LogP contribution is 2.42. The van der Waals surface area contributed by atoms with E-state index in [1.54, 1.807) is 12.1 Å². The monoisotopic (exact) mass is 289 g/mol. The maximum absolute atomic E-state index is 11.5. The molecule has 6 heteroatoms. The first-order valence-corrected chi connectivity index (χ1v) is 7.42. The molecule has 0 atom stereocenters. The van der Waals surface area contributed by atoms with E-state index < -0.39 is 0 Å². The van der Waals surface area contributed by atoms with E-state index in [9.17, 15) is 14.9 Å². The predicted octanol–water partition coefficient (Wildman–Crippen LogP) is 3.22. The second-order valence-corrected chi connectivity index (χ2v) is 5.94. The van der Waals surface area contributed by atoms with Crippen LogP contribution >= 0.6 is 0 Å². The second-order valence-electron chi connectivity index (χ2n) is 5.94. The number of rotatable bonds is 4. The topological polar surface area (TPSA) is 84.3 Å². The van der Waals surface area contributed by atoms with Gasteiger partial charge in [0.2, 0.25) is 5.91 Å². The molecule has 0 saturated heterocycles. The molecule has 3 rings (SSSR count). The Morgan fingerprint density at radius 3 is 2.71 bits per heavy atom. The van der Waals surface area contributed by atoms with Crippen molar-refractivity contribution in [2.75, 3.05) is 10.6 Å². The van der Waals surface area contributed by atoms with E-state index in [2.05, 4.69) is 17.6 Å². The minimum Gasteiger partial charge on any atom is -0.374 e. The Kier molecular flexibility index (Phi) is 3.31. The molecular weight excluding hydrogens is 270 g/mol. The number of anilines is 2. The van der Waals surface area contributed by atoms with Crippen molar-refractivity contribution in [3.8, 4) is 0 Å². The molecule has 1 aromatic rings. The fraction of sp³-hybridized carbons (Fsp3) is 0.533. The van der Waals surface area contributed by atoms with E-state index in [0.29, 0.717) is 24.2 Å². The van der Waals surface area contributed by atoms with Gasteiger partial charge >= 0.3 is 0 Å². The van der Waals surface area contributed by atoms with Gasteiger partial charge in [-0.25, -0.2) is 0 Å². The van der Waals surface area contributed by atoms with Gasteiger partial charge in [-0.1, -0.05) is 6.92 Å². The van der Waals surface area contributed by atoms with Crippen molar-refractivity contribution in [2.24, 2.45) is 0 Å². The number of nitro groups is 1. The fourth-order valence-electron chi connectivity index (χ4n) is 3.12. The van der Waals surface area contributed by atoms with Gasteiger partial charge in [0, 0.05) is 23.7 Å². The third kappa shape index (κ3) is 2.46. The third-order valence-corrected chi connectivity index (χ3v) is 4.70. The standard InChI is InChI=1S/C15H19N3O3/c1-2-15(6-3-7-15)17-12-9-11-10(4-5-14(19)16-11)8-13(12)18(20)21/h8-9,17H,2-7H2,1H3,(H,16,19). The van der Waals surface area contributed by atoms with Crippen LogP contribution in [0.4, 0.5) is 17.1 Å². The lowest BCUT2D eigenvalue weighted by molar-refractivity contribution is -0.384. The first kappa shape index (κ1) is 13.9. The number of nitrogens with zero attached hydrogens (tertiary/aromatic N) is 1. The van der Waals surface area contributed by atoms with Crippen LogP contribution in [0.2, 0.25) is 0 Å². The molecule has 0 aromatic heterocycles. The molecule has 2 N–H and O–H groups in total. The van der Waals surface area contributed by atoms with Crippen molar-refractivity contribution in [3.63, 3.8) is 0 Å². The van der Waals surface area contributed by atoms with Crippen molar-refractivity contribution in [1.29, 1.82) is 0 Å². The largest absolute Gasteiger partial charge is 0.374 e. The number of hydrogen-bond donors (Lipinski definition) is 2. The van der Waals surface area contributed by atoms with Crippen LogP contribution in [0.25, 0.3) is 0 Å². The van der Waals surface area contributed by atoms with Crippen molar-refractivity contribution in [2.45, 2.75) is 51.0 Å². The van der Waals surface area contributed by atoms with Crippen LogP contribution in [-0.2, 0) is 11.2 Å². The lowest BCUT2D eigenvalue weighted by atomic mass is 9.74. The van der Waals surface area contributed by atoms with Gasteiger partial charge in [-0.05, 0) is 43.7 Å². The smallest absolute Gasteiger partial charge is 0.292 e. The van der Waals surface area contributed by atoms with E-state index in [1.165, 1.54) is 0 Å². The summed E-state index contributed by atoms with van der Waals surface area (Å²) in [6.07, 6.45) is 5.09. The maximum Gasteiger partial charge on any atom is 0.292 e. The van der Waals surface area contributed by atoms with Gasteiger partial charge < -0.3 is 10.6 Å². The number of nitro benzene ring substituents is 1. The molecule has 2 aliphatic rings. The summed E-state index contributed by atoms with van der Waals surface area (Å²) in [5, 5.41) is 17.5. The molecule has 112 valence electrons. The Balaban J connectivity index is 1.99. The molecule has 1 saturated carbocycles. The third-order valence-electron chi connectivity index (χ3n) is 4.70. The minimum absolute atomic E-state index is 0.0301. The number of aryl methyl sites for hydroxylation is 1. The normalized spacial score (nSPS) is 19.2. The van der Waals surface area contributed by atoms with E-state index in [0.717, 1.165) is 31.2 Å². The molecule has 6 nitrogen and oxygen atoms in total. The molecule has 0 radical (unpaired) electrons. The van der Waals surface area contributed by atoms with Crippen LogP contribution < -0.4 is 10.6 Å². The summed E-state index contributed by atoms with van der Waals surface area (Å²) in [7, 11) is 0.